The molecule has 2 fully saturated rings. The maximum absolute atomic E-state index is 3.71. The number of fused-ring (bicyclic) bond motifs is 2. The summed E-state index contributed by atoms with van der Waals surface area (Å²) in [6.45, 7) is 1.09. The van der Waals surface area contributed by atoms with Crippen molar-refractivity contribution in [1.29, 1.82) is 0 Å². The molecule has 2 aliphatic rings. The molecule has 0 saturated carbocycles. The van der Waals surface area contributed by atoms with Crippen molar-refractivity contribution in [3.8, 4) is 0 Å². The largest absolute Gasteiger partial charge is 0.311 e. The van der Waals surface area contributed by atoms with Crippen LogP contribution in [0.3, 0.4) is 0 Å². The number of piperidine rings is 1. The molecule has 2 saturated heterocycles. The number of nitrogens with one attached hydrogen (secondary N) is 1. The van der Waals surface area contributed by atoms with E-state index in [-0.39, 0.29) is 0 Å². The van der Waals surface area contributed by atoms with E-state index in [1.165, 1.54) is 31.2 Å². The second kappa shape index (κ2) is 4.79. The van der Waals surface area contributed by atoms with Crippen LogP contribution in [-0.4, -0.2) is 30.1 Å². The van der Waals surface area contributed by atoms with Crippen molar-refractivity contribution in [1.82, 2.24) is 10.2 Å². The Bertz CT molecular complexity index is 350. The van der Waals surface area contributed by atoms with Crippen molar-refractivity contribution in [2.45, 2.75) is 50.4 Å². The Balaban J connectivity index is 1.61. The lowest BCUT2D eigenvalue weighted by Gasteiger charge is -2.35. The Labute approximate surface area is 104 Å². The van der Waals surface area contributed by atoms with Crippen LogP contribution in [0, 0.1) is 0 Å². The summed E-state index contributed by atoms with van der Waals surface area (Å²) < 4.78 is 0. The van der Waals surface area contributed by atoms with Crippen LogP contribution in [0.15, 0.2) is 30.3 Å². The van der Waals surface area contributed by atoms with E-state index >= 15 is 0 Å². The van der Waals surface area contributed by atoms with Gasteiger partial charge in [0.1, 0.15) is 0 Å². The first-order chi connectivity index (χ1) is 8.31. The maximum Gasteiger partial charge on any atom is 0.0233 e. The molecule has 0 aromatic heterocycles. The zero-order chi connectivity index (χ0) is 11.7. The second-order valence-electron chi connectivity index (χ2n) is 5.66. The normalized spacial score (nSPS) is 32.0. The molecule has 1 unspecified atom stereocenters. The highest BCUT2D eigenvalue weighted by Gasteiger charge is 2.34. The molecule has 1 aromatic rings. The van der Waals surface area contributed by atoms with E-state index in [1.807, 2.05) is 0 Å². The molecule has 17 heavy (non-hydrogen) atoms. The monoisotopic (exact) mass is 230 g/mol. The van der Waals surface area contributed by atoms with Gasteiger partial charge in [-0.1, -0.05) is 30.3 Å². The van der Waals surface area contributed by atoms with Crippen molar-refractivity contribution in [2.24, 2.45) is 0 Å². The first kappa shape index (κ1) is 11.2. The van der Waals surface area contributed by atoms with Gasteiger partial charge in [-0.15, -0.1) is 0 Å². The van der Waals surface area contributed by atoms with Gasteiger partial charge < -0.3 is 5.32 Å². The number of benzene rings is 1. The van der Waals surface area contributed by atoms with Crippen LogP contribution in [0.5, 0.6) is 0 Å². The SMILES string of the molecule is CN(Cc1ccccc1)C1C[C@H]2CC[C@@H](C1)N2. The molecule has 0 radical (unpaired) electrons. The molecule has 1 aromatic carbocycles. The number of hydrogen-bond donors (Lipinski definition) is 1. The minimum absolute atomic E-state index is 0.772. The molecule has 1 N–H and O–H groups in total. The Hall–Kier alpha value is -0.860. The quantitative estimate of drug-likeness (QED) is 0.858. The van der Waals surface area contributed by atoms with Gasteiger partial charge in [-0.3, -0.25) is 4.90 Å². The Morgan fingerprint density at radius 3 is 2.41 bits per heavy atom. The van der Waals surface area contributed by atoms with E-state index in [1.54, 1.807) is 0 Å². The maximum atomic E-state index is 3.71. The number of hydrogen-bond acceptors (Lipinski definition) is 2. The molecule has 0 amide bonds. The standard InChI is InChI=1S/C15H22N2/c1-17(11-12-5-3-2-4-6-12)15-9-13-7-8-14(10-15)16-13/h2-6,13-16H,7-11H2,1H3/t13-,14+,15?. The fraction of sp³-hybridized carbons (Fsp3) is 0.600. The summed E-state index contributed by atoms with van der Waals surface area (Å²) in [6.07, 6.45) is 5.44. The van der Waals surface area contributed by atoms with Crippen LogP contribution in [0.25, 0.3) is 0 Å². The topological polar surface area (TPSA) is 15.3 Å². The summed E-state index contributed by atoms with van der Waals surface area (Å²) in [7, 11) is 2.28. The fourth-order valence-corrected chi connectivity index (χ4v) is 3.39. The van der Waals surface area contributed by atoms with Gasteiger partial charge in [0.2, 0.25) is 0 Å². The Morgan fingerprint density at radius 1 is 1.12 bits per heavy atom. The average Bonchev–Trinajstić information content (AvgIpc) is 2.69. The van der Waals surface area contributed by atoms with Crippen LogP contribution in [0.1, 0.15) is 31.2 Å². The van der Waals surface area contributed by atoms with Crippen LogP contribution in [0.2, 0.25) is 0 Å². The van der Waals surface area contributed by atoms with E-state index in [9.17, 15) is 0 Å². The Morgan fingerprint density at radius 2 is 1.76 bits per heavy atom. The molecule has 3 rings (SSSR count). The third kappa shape index (κ3) is 2.53. The molecule has 2 nitrogen and oxygen atoms in total. The van der Waals surface area contributed by atoms with E-state index in [4.69, 9.17) is 0 Å². The van der Waals surface area contributed by atoms with Gasteiger partial charge in [0.25, 0.3) is 0 Å². The molecule has 2 bridgehead atoms. The van der Waals surface area contributed by atoms with E-state index in [0.29, 0.717) is 0 Å². The lowest BCUT2D eigenvalue weighted by molar-refractivity contribution is 0.166. The minimum atomic E-state index is 0.772. The van der Waals surface area contributed by atoms with Crippen molar-refractivity contribution in [2.75, 3.05) is 7.05 Å². The number of nitrogens with zero attached hydrogens (tertiary/aromatic N) is 1. The minimum Gasteiger partial charge on any atom is -0.311 e. The molecule has 0 aliphatic carbocycles. The first-order valence-electron chi connectivity index (χ1n) is 6.81. The van der Waals surface area contributed by atoms with Gasteiger partial charge in [-0.05, 0) is 38.3 Å². The summed E-state index contributed by atoms with van der Waals surface area (Å²) in [5.41, 5.74) is 1.43. The molecular weight excluding hydrogens is 208 g/mol. The van der Waals surface area contributed by atoms with E-state index < -0.39 is 0 Å². The van der Waals surface area contributed by atoms with Crippen LogP contribution >= 0.6 is 0 Å². The summed E-state index contributed by atoms with van der Waals surface area (Å²) in [6, 6.07) is 13.2. The zero-order valence-electron chi connectivity index (χ0n) is 10.6. The molecule has 2 aliphatic heterocycles. The summed E-state index contributed by atoms with van der Waals surface area (Å²) >= 11 is 0. The van der Waals surface area contributed by atoms with Crippen molar-refractivity contribution in [3.63, 3.8) is 0 Å². The van der Waals surface area contributed by atoms with Crippen molar-refractivity contribution >= 4 is 0 Å². The lowest BCUT2D eigenvalue weighted by Crippen LogP contribution is -2.46. The van der Waals surface area contributed by atoms with Crippen molar-refractivity contribution < 1.29 is 0 Å². The fourth-order valence-electron chi connectivity index (χ4n) is 3.39. The molecule has 92 valence electrons. The smallest absolute Gasteiger partial charge is 0.0233 e. The highest BCUT2D eigenvalue weighted by molar-refractivity contribution is 5.14. The Kier molecular flexibility index (Phi) is 3.17. The zero-order valence-corrected chi connectivity index (χ0v) is 10.6. The lowest BCUT2D eigenvalue weighted by atomic mass is 9.98. The van der Waals surface area contributed by atoms with Gasteiger partial charge in [0.15, 0.2) is 0 Å². The molecule has 2 heteroatoms. The van der Waals surface area contributed by atoms with Gasteiger partial charge in [-0.25, -0.2) is 0 Å². The first-order valence-corrected chi connectivity index (χ1v) is 6.81. The van der Waals surface area contributed by atoms with Gasteiger partial charge in [0, 0.05) is 24.7 Å². The number of rotatable bonds is 3. The van der Waals surface area contributed by atoms with Crippen molar-refractivity contribution in [3.05, 3.63) is 35.9 Å². The molecular formula is C15H22N2. The summed E-state index contributed by atoms with van der Waals surface area (Å²) in [5, 5.41) is 3.71. The predicted molar refractivity (Wildman–Crippen MR) is 70.9 cm³/mol. The highest BCUT2D eigenvalue weighted by Crippen LogP contribution is 2.29. The predicted octanol–water partition coefficient (Wildman–Crippen LogP) is 2.40. The van der Waals surface area contributed by atoms with Crippen LogP contribution < -0.4 is 5.32 Å². The van der Waals surface area contributed by atoms with E-state index in [0.717, 1.165) is 24.7 Å². The molecule has 3 atom stereocenters. The summed E-state index contributed by atoms with van der Waals surface area (Å²) in [4.78, 5) is 2.54. The highest BCUT2D eigenvalue weighted by atomic mass is 15.2. The average molecular weight is 230 g/mol. The van der Waals surface area contributed by atoms with Crippen LogP contribution in [0.4, 0.5) is 0 Å². The molecule has 0 spiro atoms. The third-order valence-electron chi connectivity index (χ3n) is 4.35. The van der Waals surface area contributed by atoms with Gasteiger partial charge in [0.05, 0.1) is 0 Å². The van der Waals surface area contributed by atoms with Gasteiger partial charge in [-0.2, -0.15) is 0 Å². The van der Waals surface area contributed by atoms with E-state index in [2.05, 4.69) is 47.6 Å². The third-order valence-corrected chi connectivity index (χ3v) is 4.35. The van der Waals surface area contributed by atoms with Gasteiger partial charge >= 0.3 is 0 Å². The second-order valence-corrected chi connectivity index (χ2v) is 5.66. The van der Waals surface area contributed by atoms with Crippen LogP contribution in [-0.2, 0) is 6.54 Å². The summed E-state index contributed by atoms with van der Waals surface area (Å²) in [5.74, 6) is 0. The molecule has 2 heterocycles.